The van der Waals surface area contributed by atoms with Gasteiger partial charge in [-0.3, -0.25) is 0 Å². The number of urea groups is 1. The molecule has 0 aliphatic heterocycles. The molecule has 0 radical (unpaired) electrons. The Morgan fingerprint density at radius 2 is 1.84 bits per heavy atom. The van der Waals surface area contributed by atoms with E-state index in [1.165, 1.54) is 11.0 Å². The van der Waals surface area contributed by atoms with Crippen LogP contribution in [0.25, 0.3) is 0 Å². The maximum Gasteiger partial charge on any atom is 0.317 e. The van der Waals surface area contributed by atoms with Crippen LogP contribution in [-0.2, 0) is 6.54 Å². The van der Waals surface area contributed by atoms with Crippen molar-refractivity contribution in [3.63, 3.8) is 0 Å². The number of benzene rings is 2. The van der Waals surface area contributed by atoms with Crippen LogP contribution in [0.5, 0.6) is 5.75 Å². The van der Waals surface area contributed by atoms with Gasteiger partial charge < -0.3 is 19.9 Å². The zero-order valence-corrected chi connectivity index (χ0v) is 14.8. The molecule has 0 aromatic heterocycles. The minimum Gasteiger partial charge on any atom is -0.492 e. The summed E-state index contributed by atoms with van der Waals surface area (Å²) in [6, 6.07) is 14.2. The van der Waals surface area contributed by atoms with Gasteiger partial charge in [-0.25, -0.2) is 9.18 Å². The Kier molecular flexibility index (Phi) is 6.62. The second-order valence-electron chi connectivity index (χ2n) is 5.92. The molecular weight excluding hydrogens is 321 g/mol. The summed E-state index contributed by atoms with van der Waals surface area (Å²) in [5.41, 5.74) is 1.23. The number of halogens is 1. The van der Waals surface area contributed by atoms with Crippen LogP contribution in [0.3, 0.4) is 0 Å². The third-order valence-corrected chi connectivity index (χ3v) is 3.72. The number of para-hydroxylation sites is 1. The van der Waals surface area contributed by atoms with E-state index in [2.05, 4.69) is 5.32 Å². The minimum atomic E-state index is -0.304. The average Bonchev–Trinajstić information content (AvgIpc) is 2.60. The molecule has 0 aliphatic carbocycles. The van der Waals surface area contributed by atoms with Crippen molar-refractivity contribution in [2.45, 2.75) is 6.54 Å². The summed E-state index contributed by atoms with van der Waals surface area (Å²) in [6.45, 7) is 1.13. The predicted molar refractivity (Wildman–Crippen MR) is 97.5 cm³/mol. The molecule has 2 rings (SSSR count). The molecule has 0 atom stereocenters. The highest BCUT2D eigenvalue weighted by molar-refractivity contribution is 5.73. The van der Waals surface area contributed by atoms with Crippen molar-refractivity contribution in [3.8, 4) is 5.75 Å². The number of anilines is 1. The molecular formula is C19H24FN3O2. The largest absolute Gasteiger partial charge is 0.492 e. The van der Waals surface area contributed by atoms with Crippen LogP contribution >= 0.6 is 0 Å². The summed E-state index contributed by atoms with van der Waals surface area (Å²) < 4.78 is 19.5. The predicted octanol–water partition coefficient (Wildman–Crippen LogP) is 3.11. The van der Waals surface area contributed by atoms with Crippen LogP contribution in [0.1, 0.15) is 5.56 Å². The topological polar surface area (TPSA) is 44.8 Å². The molecule has 2 aromatic carbocycles. The highest BCUT2D eigenvalue weighted by atomic mass is 19.1. The van der Waals surface area contributed by atoms with E-state index in [-0.39, 0.29) is 18.4 Å². The fourth-order valence-electron chi connectivity index (χ4n) is 2.25. The SMILES string of the molecule is CN(CCOc1ccccc1)C(=O)NCc1ccc(N(C)C)c(F)c1. The van der Waals surface area contributed by atoms with Gasteiger partial charge in [-0.2, -0.15) is 0 Å². The van der Waals surface area contributed by atoms with Gasteiger partial charge in [0.1, 0.15) is 18.2 Å². The van der Waals surface area contributed by atoms with Crippen molar-refractivity contribution < 1.29 is 13.9 Å². The van der Waals surface area contributed by atoms with E-state index in [1.54, 1.807) is 38.2 Å². The van der Waals surface area contributed by atoms with E-state index >= 15 is 0 Å². The number of hydrogen-bond acceptors (Lipinski definition) is 3. The molecule has 6 heteroatoms. The van der Waals surface area contributed by atoms with Crippen LogP contribution in [0.15, 0.2) is 48.5 Å². The lowest BCUT2D eigenvalue weighted by Crippen LogP contribution is -2.39. The van der Waals surface area contributed by atoms with Crippen LogP contribution in [0.2, 0.25) is 0 Å². The van der Waals surface area contributed by atoms with Crippen LogP contribution in [0, 0.1) is 5.82 Å². The van der Waals surface area contributed by atoms with Gasteiger partial charge in [0, 0.05) is 27.7 Å². The molecule has 0 unspecified atom stereocenters. The fraction of sp³-hybridized carbons (Fsp3) is 0.316. The molecule has 0 aliphatic rings. The van der Waals surface area contributed by atoms with Crippen LogP contribution in [-0.4, -0.2) is 45.2 Å². The highest BCUT2D eigenvalue weighted by Gasteiger charge is 2.10. The first-order valence-electron chi connectivity index (χ1n) is 8.10. The van der Waals surface area contributed by atoms with Crippen molar-refractivity contribution in [3.05, 3.63) is 59.9 Å². The Hall–Kier alpha value is -2.76. The second-order valence-corrected chi connectivity index (χ2v) is 5.92. The van der Waals surface area contributed by atoms with Crippen molar-refractivity contribution >= 4 is 11.7 Å². The zero-order valence-electron chi connectivity index (χ0n) is 14.8. The zero-order chi connectivity index (χ0) is 18.2. The lowest BCUT2D eigenvalue weighted by atomic mass is 10.2. The molecule has 0 bridgehead atoms. The van der Waals surface area contributed by atoms with Gasteiger partial charge in [0.2, 0.25) is 0 Å². The first kappa shape index (κ1) is 18.6. The fourth-order valence-corrected chi connectivity index (χ4v) is 2.25. The smallest absolute Gasteiger partial charge is 0.317 e. The third kappa shape index (κ3) is 5.67. The quantitative estimate of drug-likeness (QED) is 0.839. The maximum atomic E-state index is 13.9. The molecule has 0 fully saturated rings. The van der Waals surface area contributed by atoms with Crippen molar-refractivity contribution in [2.24, 2.45) is 0 Å². The minimum absolute atomic E-state index is 0.228. The number of nitrogens with one attached hydrogen (secondary N) is 1. The molecule has 0 saturated carbocycles. The number of nitrogens with zero attached hydrogens (tertiary/aromatic N) is 2. The number of likely N-dealkylation sites (N-methyl/N-ethyl adjacent to an activating group) is 1. The van der Waals surface area contributed by atoms with Gasteiger partial charge in [0.05, 0.1) is 12.2 Å². The normalized spacial score (nSPS) is 10.2. The first-order chi connectivity index (χ1) is 12.0. The second kappa shape index (κ2) is 8.92. The summed E-state index contributed by atoms with van der Waals surface area (Å²) in [4.78, 5) is 15.3. The molecule has 2 aromatic rings. The van der Waals surface area contributed by atoms with E-state index in [0.717, 1.165) is 5.75 Å². The van der Waals surface area contributed by atoms with E-state index in [4.69, 9.17) is 4.74 Å². The summed E-state index contributed by atoms with van der Waals surface area (Å²) >= 11 is 0. The monoisotopic (exact) mass is 345 g/mol. The number of hydrogen-bond donors (Lipinski definition) is 1. The summed E-state index contributed by atoms with van der Waals surface area (Å²) in [5, 5.41) is 2.77. The Labute approximate surface area is 148 Å². The van der Waals surface area contributed by atoms with Crippen molar-refractivity contribution in [1.82, 2.24) is 10.2 Å². The van der Waals surface area contributed by atoms with E-state index in [9.17, 15) is 9.18 Å². The summed E-state index contributed by atoms with van der Waals surface area (Å²) in [6.07, 6.45) is 0. The first-order valence-corrected chi connectivity index (χ1v) is 8.10. The van der Waals surface area contributed by atoms with Crippen molar-refractivity contribution in [1.29, 1.82) is 0 Å². The molecule has 5 nitrogen and oxygen atoms in total. The van der Waals surface area contributed by atoms with Gasteiger partial charge in [-0.05, 0) is 29.8 Å². The van der Waals surface area contributed by atoms with Gasteiger partial charge >= 0.3 is 6.03 Å². The lowest BCUT2D eigenvalue weighted by Gasteiger charge is -2.19. The summed E-state index contributed by atoms with van der Waals surface area (Å²) in [5.74, 6) is 0.467. The highest BCUT2D eigenvalue weighted by Crippen LogP contribution is 2.18. The van der Waals surface area contributed by atoms with Crippen LogP contribution < -0.4 is 15.0 Å². The molecule has 0 heterocycles. The molecule has 25 heavy (non-hydrogen) atoms. The van der Waals surface area contributed by atoms with Gasteiger partial charge in [-0.1, -0.05) is 24.3 Å². The molecule has 0 saturated heterocycles. The summed E-state index contributed by atoms with van der Waals surface area (Å²) in [7, 11) is 5.26. The molecule has 134 valence electrons. The van der Waals surface area contributed by atoms with E-state index in [1.807, 2.05) is 30.3 Å². The number of carbonyl (C=O) groups excluding carboxylic acids is 1. The van der Waals surface area contributed by atoms with E-state index in [0.29, 0.717) is 24.4 Å². The lowest BCUT2D eigenvalue weighted by molar-refractivity contribution is 0.195. The van der Waals surface area contributed by atoms with Gasteiger partial charge in [0.25, 0.3) is 0 Å². The standard InChI is InChI=1S/C19H24FN3O2/c1-22(2)18-10-9-15(13-17(18)20)14-21-19(24)23(3)11-12-25-16-7-5-4-6-8-16/h4-10,13H,11-12,14H2,1-3H3,(H,21,24). The number of amides is 2. The average molecular weight is 345 g/mol. The maximum absolute atomic E-state index is 13.9. The third-order valence-electron chi connectivity index (χ3n) is 3.72. The molecule has 0 spiro atoms. The number of ether oxygens (including phenoxy) is 1. The Balaban J connectivity index is 1.76. The number of rotatable bonds is 7. The van der Waals surface area contributed by atoms with Crippen LogP contribution in [0.4, 0.5) is 14.9 Å². The Bertz CT molecular complexity index is 692. The Morgan fingerprint density at radius 1 is 1.12 bits per heavy atom. The van der Waals surface area contributed by atoms with Gasteiger partial charge in [-0.15, -0.1) is 0 Å². The molecule has 2 amide bonds. The van der Waals surface area contributed by atoms with Crippen molar-refractivity contribution in [2.75, 3.05) is 39.2 Å². The van der Waals surface area contributed by atoms with Gasteiger partial charge in [0.15, 0.2) is 0 Å². The number of carbonyl (C=O) groups is 1. The Morgan fingerprint density at radius 3 is 2.48 bits per heavy atom. The molecule has 1 N–H and O–H groups in total. The van der Waals surface area contributed by atoms with E-state index < -0.39 is 0 Å².